The number of carboxylic acid groups (broad SMARTS) is 1. The van der Waals surface area contributed by atoms with E-state index < -0.39 is 39.5 Å². The zero-order chi connectivity index (χ0) is 30.9. The number of sulfonamides is 1. The molecule has 2 aliphatic rings. The molecule has 4 aromatic rings. The monoisotopic (exact) mass is 635 g/mol. The standard InChI is InChI=1S/C28H25ClF3N5O5S/c1-15-3-4-17(21(11-23(38)39)20-5-8-37-24(16(20)2)34-35-26(37)28(30,31)32)9-18(15)13-36-14-27(6-7-27)42-25-22(43(36,40)41)10-19(29)12-33-25/h3-5,8-10,12,21H,6-7,11,13-14H2,1-2H3,(H,38,39). The van der Waals surface area contributed by atoms with Crippen molar-refractivity contribution < 1.29 is 36.2 Å². The molecule has 0 saturated heterocycles. The fourth-order valence-electron chi connectivity index (χ4n) is 5.51. The summed E-state index contributed by atoms with van der Waals surface area (Å²) >= 11 is 6.09. The van der Waals surface area contributed by atoms with Crippen LogP contribution in [-0.4, -0.2) is 55.5 Å². The third-order valence-electron chi connectivity index (χ3n) is 7.99. The first-order valence-electron chi connectivity index (χ1n) is 13.3. The average molecular weight is 636 g/mol. The van der Waals surface area contributed by atoms with Crippen molar-refractivity contribution in [2.75, 3.05) is 6.54 Å². The number of halogens is 4. The van der Waals surface area contributed by atoms with Gasteiger partial charge in [0.15, 0.2) is 5.65 Å². The maximum atomic E-state index is 13.8. The van der Waals surface area contributed by atoms with Gasteiger partial charge >= 0.3 is 12.1 Å². The number of fused-ring (bicyclic) bond motifs is 2. The number of hydrogen-bond acceptors (Lipinski definition) is 7. The Labute approximate surface area is 249 Å². The lowest BCUT2D eigenvalue weighted by molar-refractivity contribution is -0.145. The number of benzene rings is 1. The molecular weight excluding hydrogens is 611 g/mol. The zero-order valence-corrected chi connectivity index (χ0v) is 24.5. The summed E-state index contributed by atoms with van der Waals surface area (Å²) in [6.07, 6.45) is -1.26. The Morgan fingerprint density at radius 3 is 2.60 bits per heavy atom. The fraction of sp³-hybridized carbons (Fsp3) is 0.357. The van der Waals surface area contributed by atoms with Crippen molar-refractivity contribution in [2.24, 2.45) is 0 Å². The van der Waals surface area contributed by atoms with Gasteiger partial charge in [-0.2, -0.15) is 17.5 Å². The predicted molar refractivity (Wildman–Crippen MR) is 147 cm³/mol. The van der Waals surface area contributed by atoms with Crippen molar-refractivity contribution >= 4 is 33.2 Å². The summed E-state index contributed by atoms with van der Waals surface area (Å²) in [5.41, 5.74) is 2.04. The minimum Gasteiger partial charge on any atom is -0.481 e. The van der Waals surface area contributed by atoms with Gasteiger partial charge < -0.3 is 9.84 Å². The van der Waals surface area contributed by atoms with Crippen LogP contribution in [0.3, 0.4) is 0 Å². The van der Waals surface area contributed by atoms with Crippen LogP contribution in [0, 0.1) is 13.8 Å². The summed E-state index contributed by atoms with van der Waals surface area (Å²) in [6.45, 7) is 3.45. The Kier molecular flexibility index (Phi) is 6.93. The van der Waals surface area contributed by atoms with Gasteiger partial charge in [0.2, 0.25) is 21.7 Å². The van der Waals surface area contributed by atoms with E-state index in [1.165, 1.54) is 28.8 Å². The van der Waals surface area contributed by atoms with E-state index in [9.17, 15) is 31.5 Å². The summed E-state index contributed by atoms with van der Waals surface area (Å²) in [5, 5.41) is 17.0. The molecule has 10 nitrogen and oxygen atoms in total. The van der Waals surface area contributed by atoms with Gasteiger partial charge in [0.05, 0.1) is 18.0 Å². The van der Waals surface area contributed by atoms with Crippen molar-refractivity contribution in [1.29, 1.82) is 0 Å². The van der Waals surface area contributed by atoms with Crippen molar-refractivity contribution in [3.63, 3.8) is 0 Å². The Hall–Kier alpha value is -3.75. The lowest BCUT2D eigenvalue weighted by Crippen LogP contribution is -2.38. The first-order chi connectivity index (χ1) is 20.2. The molecule has 0 amide bonds. The van der Waals surface area contributed by atoms with E-state index in [4.69, 9.17) is 16.3 Å². The minimum atomic E-state index is -4.72. The largest absolute Gasteiger partial charge is 0.481 e. The number of rotatable bonds is 6. The van der Waals surface area contributed by atoms with E-state index in [-0.39, 0.29) is 41.0 Å². The van der Waals surface area contributed by atoms with Gasteiger partial charge in [-0.15, -0.1) is 10.2 Å². The summed E-state index contributed by atoms with van der Waals surface area (Å²) in [5.74, 6) is -3.06. The Balaban J connectivity index is 1.40. The topological polar surface area (TPSA) is 127 Å². The van der Waals surface area contributed by atoms with Gasteiger partial charge in [0.25, 0.3) is 0 Å². The molecule has 0 radical (unpaired) electrons. The van der Waals surface area contributed by atoms with Crippen LogP contribution in [0.15, 0.2) is 47.6 Å². The molecule has 3 aromatic heterocycles. The van der Waals surface area contributed by atoms with Crippen LogP contribution >= 0.6 is 11.6 Å². The van der Waals surface area contributed by atoms with Gasteiger partial charge in [-0.05, 0) is 66.6 Å². The summed E-state index contributed by atoms with van der Waals surface area (Å²) in [4.78, 5) is 16.0. The van der Waals surface area contributed by atoms with Crippen molar-refractivity contribution in [1.82, 2.24) is 23.9 Å². The lowest BCUT2D eigenvalue weighted by atomic mass is 9.85. The molecule has 43 heavy (non-hydrogen) atoms. The predicted octanol–water partition coefficient (Wildman–Crippen LogP) is 5.14. The number of alkyl halides is 3. The van der Waals surface area contributed by atoms with Crippen molar-refractivity contribution in [3.05, 3.63) is 81.4 Å². The smallest absolute Gasteiger partial charge is 0.452 e. The number of ether oxygens (including phenoxy) is 1. The number of aromatic nitrogens is 4. The van der Waals surface area contributed by atoms with Crippen molar-refractivity contribution in [3.8, 4) is 5.88 Å². The molecule has 1 aromatic carbocycles. The van der Waals surface area contributed by atoms with Crippen LogP contribution in [0.4, 0.5) is 13.2 Å². The highest BCUT2D eigenvalue weighted by Gasteiger charge is 2.52. The Morgan fingerprint density at radius 1 is 1.19 bits per heavy atom. The van der Waals surface area contributed by atoms with Crippen LogP contribution in [0.25, 0.3) is 5.65 Å². The van der Waals surface area contributed by atoms with E-state index in [0.29, 0.717) is 35.1 Å². The molecule has 1 aliphatic heterocycles. The second-order valence-corrected chi connectivity index (χ2v) is 13.3. The number of pyridine rings is 2. The molecule has 6 rings (SSSR count). The van der Waals surface area contributed by atoms with E-state index >= 15 is 0 Å². The maximum Gasteiger partial charge on any atom is 0.452 e. The van der Waals surface area contributed by atoms with Gasteiger partial charge in [-0.3, -0.25) is 9.20 Å². The minimum absolute atomic E-state index is 0.00410. The number of aliphatic carboxylic acids is 1. The van der Waals surface area contributed by atoms with E-state index in [2.05, 4.69) is 15.2 Å². The molecule has 1 N–H and O–H groups in total. The van der Waals surface area contributed by atoms with Gasteiger partial charge in [0.1, 0.15) is 10.5 Å². The molecule has 0 bridgehead atoms. The van der Waals surface area contributed by atoms with Gasteiger partial charge in [-0.1, -0.05) is 29.8 Å². The molecule has 1 saturated carbocycles. The molecule has 1 spiro atoms. The second kappa shape index (κ2) is 10.2. The normalized spacial score (nSPS) is 18.2. The SMILES string of the molecule is Cc1ccc(C(CC(=O)O)c2ccn3c(C(F)(F)F)nnc3c2C)cc1CN1CC2(CC2)Oc2ncc(Cl)cc2S1(=O)=O. The number of carboxylic acids is 1. The average Bonchev–Trinajstić information content (AvgIpc) is 3.54. The van der Waals surface area contributed by atoms with E-state index in [0.717, 1.165) is 9.96 Å². The first kappa shape index (κ1) is 29.3. The number of aryl methyl sites for hydroxylation is 2. The van der Waals surface area contributed by atoms with Crippen LogP contribution in [0.5, 0.6) is 5.88 Å². The van der Waals surface area contributed by atoms with E-state index in [1.807, 2.05) is 6.92 Å². The summed E-state index contributed by atoms with van der Waals surface area (Å²) < 4.78 is 76.1. The van der Waals surface area contributed by atoms with Crippen LogP contribution in [0.2, 0.25) is 5.02 Å². The Morgan fingerprint density at radius 2 is 1.93 bits per heavy atom. The first-order valence-corrected chi connectivity index (χ1v) is 15.1. The zero-order valence-electron chi connectivity index (χ0n) is 22.9. The highest BCUT2D eigenvalue weighted by molar-refractivity contribution is 7.89. The molecule has 1 atom stereocenters. The molecular formula is C28H25ClF3N5O5S. The maximum absolute atomic E-state index is 13.8. The second-order valence-electron chi connectivity index (χ2n) is 11.0. The highest BCUT2D eigenvalue weighted by Crippen LogP contribution is 2.46. The van der Waals surface area contributed by atoms with Gasteiger partial charge in [-0.25, -0.2) is 13.4 Å². The number of carbonyl (C=O) groups is 1. The van der Waals surface area contributed by atoms with Crippen LogP contribution < -0.4 is 4.74 Å². The van der Waals surface area contributed by atoms with Crippen LogP contribution in [0.1, 0.15) is 58.8 Å². The Bertz CT molecular complexity index is 1890. The van der Waals surface area contributed by atoms with Crippen LogP contribution in [-0.2, 0) is 27.5 Å². The molecule has 4 heterocycles. The molecule has 1 fully saturated rings. The molecule has 15 heteroatoms. The summed E-state index contributed by atoms with van der Waals surface area (Å²) in [7, 11) is -4.08. The molecule has 1 aliphatic carbocycles. The highest BCUT2D eigenvalue weighted by atomic mass is 35.5. The molecule has 226 valence electrons. The fourth-order valence-corrected chi connectivity index (χ4v) is 7.32. The lowest BCUT2D eigenvalue weighted by Gasteiger charge is -2.25. The number of nitrogens with zero attached hydrogens (tertiary/aromatic N) is 5. The number of hydrogen-bond donors (Lipinski definition) is 1. The quantitative estimate of drug-likeness (QED) is 0.309. The van der Waals surface area contributed by atoms with E-state index in [1.54, 1.807) is 25.1 Å². The van der Waals surface area contributed by atoms with Crippen molar-refractivity contribution in [2.45, 2.75) is 62.2 Å². The third-order valence-corrected chi connectivity index (χ3v) is 9.98. The van der Waals surface area contributed by atoms with Gasteiger partial charge in [0, 0.05) is 24.9 Å². The third kappa shape index (κ3) is 5.31. The molecule has 1 unspecified atom stereocenters. The summed E-state index contributed by atoms with van der Waals surface area (Å²) in [6, 6.07) is 8.01.